The molecule has 84 valence electrons. The molecule has 1 aliphatic rings. The summed E-state index contributed by atoms with van der Waals surface area (Å²) < 4.78 is 0. The molecule has 1 N–H and O–H groups in total. The van der Waals surface area contributed by atoms with Gasteiger partial charge in [-0.25, -0.2) is 0 Å². The first-order chi connectivity index (χ1) is 7.49. The van der Waals surface area contributed by atoms with Crippen LogP contribution in [0.25, 0.3) is 0 Å². The molecule has 4 nitrogen and oxygen atoms in total. The Bertz CT molecular complexity index is 447. The van der Waals surface area contributed by atoms with Gasteiger partial charge in [-0.1, -0.05) is 6.07 Å². The Morgan fingerprint density at radius 2 is 1.88 bits per heavy atom. The third-order valence-electron chi connectivity index (χ3n) is 2.75. The van der Waals surface area contributed by atoms with Gasteiger partial charge < -0.3 is 10.0 Å². The van der Waals surface area contributed by atoms with Crippen molar-refractivity contribution in [3.05, 3.63) is 29.3 Å². The molecule has 1 aromatic carbocycles. The molecule has 1 aliphatic heterocycles. The number of rotatable bonds is 2. The van der Waals surface area contributed by atoms with Gasteiger partial charge in [-0.2, -0.15) is 0 Å². The van der Waals surface area contributed by atoms with Gasteiger partial charge in [-0.3, -0.25) is 9.59 Å². The number of aliphatic carboxylic acids is 1. The summed E-state index contributed by atoms with van der Waals surface area (Å²) in [4.78, 5) is 23.7. The van der Waals surface area contributed by atoms with Crippen molar-refractivity contribution in [3.8, 4) is 0 Å². The van der Waals surface area contributed by atoms with E-state index in [0.717, 1.165) is 16.8 Å². The molecule has 1 saturated heterocycles. The van der Waals surface area contributed by atoms with Crippen LogP contribution in [0.1, 0.15) is 11.1 Å². The van der Waals surface area contributed by atoms with E-state index in [1.165, 1.54) is 4.90 Å². The average molecular weight is 219 g/mol. The predicted octanol–water partition coefficient (Wildman–Crippen LogP) is 1.35. The molecular weight excluding hydrogens is 206 g/mol. The summed E-state index contributed by atoms with van der Waals surface area (Å²) in [6, 6.07) is 5.80. The summed E-state index contributed by atoms with van der Waals surface area (Å²) >= 11 is 0. The van der Waals surface area contributed by atoms with Crippen molar-refractivity contribution in [1.82, 2.24) is 0 Å². The SMILES string of the molecule is Cc1cc(C)cc(N2CC(C(=O)O)C2=O)c1. The first-order valence-corrected chi connectivity index (χ1v) is 5.11. The van der Waals surface area contributed by atoms with Crippen molar-refractivity contribution in [2.75, 3.05) is 11.4 Å². The first kappa shape index (κ1) is 10.7. The molecule has 4 heteroatoms. The standard InChI is InChI=1S/C12H13NO3/c1-7-3-8(2)5-9(4-7)13-6-10(11(13)14)12(15)16/h3-5,10H,6H2,1-2H3,(H,15,16). The monoisotopic (exact) mass is 219 g/mol. The quantitative estimate of drug-likeness (QED) is 0.603. The minimum atomic E-state index is -1.04. The molecule has 2 rings (SSSR count). The van der Waals surface area contributed by atoms with Gasteiger partial charge in [0, 0.05) is 12.2 Å². The second-order valence-electron chi connectivity index (χ2n) is 4.19. The van der Waals surface area contributed by atoms with Crippen molar-refractivity contribution in [2.45, 2.75) is 13.8 Å². The van der Waals surface area contributed by atoms with E-state index in [1.807, 2.05) is 32.0 Å². The molecule has 1 fully saturated rings. The maximum atomic E-state index is 11.6. The number of hydrogen-bond donors (Lipinski definition) is 1. The number of hydrogen-bond acceptors (Lipinski definition) is 2. The van der Waals surface area contributed by atoms with E-state index in [2.05, 4.69) is 0 Å². The largest absolute Gasteiger partial charge is 0.481 e. The molecule has 0 aromatic heterocycles. The Morgan fingerprint density at radius 3 is 2.31 bits per heavy atom. The number of amides is 1. The zero-order valence-corrected chi connectivity index (χ0v) is 9.23. The first-order valence-electron chi connectivity index (χ1n) is 5.11. The maximum absolute atomic E-state index is 11.6. The Hall–Kier alpha value is -1.84. The van der Waals surface area contributed by atoms with E-state index in [4.69, 9.17) is 5.11 Å². The Labute approximate surface area is 93.5 Å². The van der Waals surface area contributed by atoms with Crippen LogP contribution < -0.4 is 4.90 Å². The summed E-state index contributed by atoms with van der Waals surface area (Å²) in [5.41, 5.74) is 2.93. The molecule has 0 bridgehead atoms. The molecule has 1 amide bonds. The van der Waals surface area contributed by atoms with Crippen LogP contribution in [-0.2, 0) is 9.59 Å². The van der Waals surface area contributed by atoms with Gasteiger partial charge in [-0.05, 0) is 37.1 Å². The zero-order chi connectivity index (χ0) is 11.9. The number of anilines is 1. The number of carboxylic acids is 1. The number of benzene rings is 1. The van der Waals surface area contributed by atoms with Crippen molar-refractivity contribution in [3.63, 3.8) is 0 Å². The number of carbonyl (C=O) groups excluding carboxylic acids is 1. The molecule has 1 atom stereocenters. The lowest BCUT2D eigenvalue weighted by molar-refractivity contribution is -0.149. The lowest BCUT2D eigenvalue weighted by atomic mass is 9.97. The Morgan fingerprint density at radius 1 is 1.31 bits per heavy atom. The number of β-lactam (4-membered cyclic amide) rings is 1. The highest BCUT2D eigenvalue weighted by Gasteiger charge is 2.42. The number of carbonyl (C=O) groups is 2. The molecule has 1 aromatic rings. The van der Waals surface area contributed by atoms with Crippen LogP contribution in [0.3, 0.4) is 0 Å². The minimum absolute atomic E-state index is 0.275. The molecule has 1 unspecified atom stereocenters. The van der Waals surface area contributed by atoms with Gasteiger partial charge in [0.25, 0.3) is 0 Å². The highest BCUT2D eigenvalue weighted by atomic mass is 16.4. The van der Waals surface area contributed by atoms with E-state index in [-0.39, 0.29) is 12.5 Å². The summed E-state index contributed by atoms with van der Waals surface area (Å²) in [5.74, 6) is -2.22. The second kappa shape index (κ2) is 3.63. The fraction of sp³-hybridized carbons (Fsp3) is 0.333. The average Bonchev–Trinajstić information content (AvgIpc) is 2.13. The Balaban J connectivity index is 2.22. The van der Waals surface area contributed by atoms with E-state index in [0.29, 0.717) is 0 Å². The van der Waals surface area contributed by atoms with Crippen molar-refractivity contribution < 1.29 is 14.7 Å². The van der Waals surface area contributed by atoms with Gasteiger partial charge in [0.1, 0.15) is 0 Å². The third kappa shape index (κ3) is 1.66. The highest BCUT2D eigenvalue weighted by Crippen LogP contribution is 2.27. The number of nitrogens with zero attached hydrogens (tertiary/aromatic N) is 1. The molecule has 0 radical (unpaired) electrons. The van der Waals surface area contributed by atoms with E-state index in [9.17, 15) is 9.59 Å². The molecule has 0 saturated carbocycles. The third-order valence-corrected chi connectivity index (χ3v) is 2.75. The summed E-state index contributed by atoms with van der Waals surface area (Å²) in [6.45, 7) is 4.18. The van der Waals surface area contributed by atoms with Crippen molar-refractivity contribution in [2.24, 2.45) is 5.92 Å². The summed E-state index contributed by atoms with van der Waals surface area (Å²) in [6.07, 6.45) is 0. The lowest BCUT2D eigenvalue weighted by Gasteiger charge is -2.36. The van der Waals surface area contributed by atoms with E-state index >= 15 is 0 Å². The van der Waals surface area contributed by atoms with Crippen LogP contribution in [-0.4, -0.2) is 23.5 Å². The van der Waals surface area contributed by atoms with Crippen LogP contribution >= 0.6 is 0 Å². The molecule has 1 heterocycles. The molecule has 16 heavy (non-hydrogen) atoms. The summed E-state index contributed by atoms with van der Waals surface area (Å²) in [7, 11) is 0. The maximum Gasteiger partial charge on any atom is 0.317 e. The number of aryl methyl sites for hydroxylation is 2. The Kier molecular flexibility index (Phi) is 2.42. The molecular formula is C12H13NO3. The van der Waals surface area contributed by atoms with Gasteiger partial charge in [0.05, 0.1) is 0 Å². The van der Waals surface area contributed by atoms with E-state index in [1.54, 1.807) is 0 Å². The van der Waals surface area contributed by atoms with Crippen molar-refractivity contribution >= 4 is 17.6 Å². The highest BCUT2D eigenvalue weighted by molar-refractivity contribution is 6.12. The van der Waals surface area contributed by atoms with Gasteiger partial charge >= 0.3 is 5.97 Å². The summed E-state index contributed by atoms with van der Waals surface area (Å²) in [5, 5.41) is 8.73. The fourth-order valence-corrected chi connectivity index (χ4v) is 1.95. The normalized spacial score (nSPS) is 19.5. The fourth-order valence-electron chi connectivity index (χ4n) is 1.95. The molecule has 0 aliphatic carbocycles. The van der Waals surface area contributed by atoms with Crippen molar-refractivity contribution in [1.29, 1.82) is 0 Å². The van der Waals surface area contributed by atoms with Crippen LogP contribution in [0, 0.1) is 19.8 Å². The molecule has 0 spiro atoms. The topological polar surface area (TPSA) is 57.6 Å². The van der Waals surface area contributed by atoms with E-state index < -0.39 is 11.9 Å². The van der Waals surface area contributed by atoms with Crippen LogP contribution in [0.2, 0.25) is 0 Å². The van der Waals surface area contributed by atoms with Crippen LogP contribution in [0.15, 0.2) is 18.2 Å². The second-order valence-corrected chi connectivity index (χ2v) is 4.19. The van der Waals surface area contributed by atoms with Crippen LogP contribution in [0.4, 0.5) is 5.69 Å². The predicted molar refractivity (Wildman–Crippen MR) is 59.4 cm³/mol. The van der Waals surface area contributed by atoms with Crippen LogP contribution in [0.5, 0.6) is 0 Å². The number of carboxylic acid groups (broad SMARTS) is 1. The van der Waals surface area contributed by atoms with Gasteiger partial charge in [0.2, 0.25) is 5.91 Å². The van der Waals surface area contributed by atoms with Gasteiger partial charge in [0.15, 0.2) is 5.92 Å². The van der Waals surface area contributed by atoms with Gasteiger partial charge in [-0.15, -0.1) is 0 Å². The lowest BCUT2D eigenvalue weighted by Crippen LogP contribution is -2.56. The minimum Gasteiger partial charge on any atom is -0.481 e. The zero-order valence-electron chi connectivity index (χ0n) is 9.23. The smallest absolute Gasteiger partial charge is 0.317 e.